The van der Waals surface area contributed by atoms with E-state index >= 15 is 0 Å². The van der Waals surface area contributed by atoms with Gasteiger partial charge < -0.3 is 4.74 Å². The summed E-state index contributed by atoms with van der Waals surface area (Å²) >= 11 is 0. The number of rotatable bonds is 5. The van der Waals surface area contributed by atoms with Crippen molar-refractivity contribution in [1.29, 1.82) is 0 Å². The highest BCUT2D eigenvalue weighted by molar-refractivity contribution is 7.86. The quantitative estimate of drug-likeness (QED) is 0.659. The highest BCUT2D eigenvalue weighted by atomic mass is 32.2. The summed E-state index contributed by atoms with van der Waals surface area (Å²) in [6, 6.07) is 11.2. The second kappa shape index (κ2) is 7.50. The second-order valence-electron chi connectivity index (χ2n) is 7.14. The average Bonchev–Trinajstić information content (AvgIpc) is 3.03. The van der Waals surface area contributed by atoms with Crippen LogP contribution >= 0.6 is 0 Å². The van der Waals surface area contributed by atoms with Gasteiger partial charge in [0.25, 0.3) is 10.1 Å². The van der Waals surface area contributed by atoms with Gasteiger partial charge in [-0.25, -0.2) is 0 Å². The van der Waals surface area contributed by atoms with E-state index in [0.29, 0.717) is 18.4 Å². The Labute approximate surface area is 162 Å². The lowest BCUT2D eigenvalue weighted by Gasteiger charge is -2.26. The summed E-state index contributed by atoms with van der Waals surface area (Å²) in [5, 5.41) is 0. The highest BCUT2D eigenvalue weighted by Crippen LogP contribution is 2.40. The molecule has 152 valence electrons. The molecule has 1 saturated heterocycles. The first-order valence-corrected chi connectivity index (χ1v) is 10.2. The molecule has 1 aliphatic rings. The summed E-state index contributed by atoms with van der Waals surface area (Å²) in [6.07, 6.45) is -3.76. The van der Waals surface area contributed by atoms with Crippen LogP contribution in [0, 0.1) is 6.92 Å². The normalized spacial score (nSPS) is 23.1. The van der Waals surface area contributed by atoms with Crippen LogP contribution in [0.15, 0.2) is 53.4 Å². The Morgan fingerprint density at radius 3 is 2.29 bits per heavy atom. The zero-order valence-electron chi connectivity index (χ0n) is 15.5. The van der Waals surface area contributed by atoms with Gasteiger partial charge in [0.05, 0.1) is 28.8 Å². The summed E-state index contributed by atoms with van der Waals surface area (Å²) in [4.78, 5) is 0.0709. The summed E-state index contributed by atoms with van der Waals surface area (Å²) in [5.41, 5.74) is 0.0443. The van der Waals surface area contributed by atoms with Gasteiger partial charge in [-0.3, -0.25) is 4.18 Å². The van der Waals surface area contributed by atoms with E-state index < -0.39 is 33.6 Å². The lowest BCUT2D eigenvalue weighted by Crippen LogP contribution is -2.25. The maximum atomic E-state index is 12.7. The molecule has 8 heteroatoms. The first-order chi connectivity index (χ1) is 13.0. The largest absolute Gasteiger partial charge is 0.416 e. The minimum absolute atomic E-state index is 0.0709. The molecule has 0 radical (unpaired) electrons. The van der Waals surface area contributed by atoms with Crippen molar-refractivity contribution < 1.29 is 30.5 Å². The van der Waals surface area contributed by atoms with E-state index in [2.05, 4.69) is 0 Å². The Kier molecular flexibility index (Phi) is 5.58. The third-order valence-corrected chi connectivity index (χ3v) is 6.21. The Bertz CT molecular complexity index is 921. The molecule has 2 atom stereocenters. The Hall–Kier alpha value is -1.90. The van der Waals surface area contributed by atoms with E-state index in [1.54, 1.807) is 19.1 Å². The smallest absolute Gasteiger partial charge is 0.365 e. The molecule has 0 aromatic heterocycles. The van der Waals surface area contributed by atoms with Gasteiger partial charge in [-0.2, -0.15) is 21.6 Å². The number of ether oxygens (including phenoxy) is 1. The zero-order chi connectivity index (χ0) is 20.6. The van der Waals surface area contributed by atoms with Crippen LogP contribution in [0.5, 0.6) is 0 Å². The van der Waals surface area contributed by atoms with Crippen molar-refractivity contribution in [2.24, 2.45) is 0 Å². The minimum Gasteiger partial charge on any atom is -0.365 e. The summed E-state index contributed by atoms with van der Waals surface area (Å²) in [5.74, 6) is 0. The fraction of sp³-hybridized carbons (Fsp3) is 0.400. The molecule has 2 unspecified atom stereocenters. The van der Waals surface area contributed by atoms with E-state index in [0.717, 1.165) is 17.7 Å². The van der Waals surface area contributed by atoms with Crippen molar-refractivity contribution in [2.75, 3.05) is 6.61 Å². The van der Waals surface area contributed by atoms with Gasteiger partial charge in [0.15, 0.2) is 0 Å². The van der Waals surface area contributed by atoms with Crippen molar-refractivity contribution in [3.63, 3.8) is 0 Å². The zero-order valence-corrected chi connectivity index (χ0v) is 16.3. The average molecular weight is 414 g/mol. The van der Waals surface area contributed by atoms with Crippen LogP contribution in [0.25, 0.3) is 0 Å². The van der Waals surface area contributed by atoms with Crippen LogP contribution in [-0.2, 0) is 30.8 Å². The van der Waals surface area contributed by atoms with Gasteiger partial charge in [0.2, 0.25) is 0 Å². The van der Waals surface area contributed by atoms with Gasteiger partial charge in [-0.1, -0.05) is 29.8 Å². The van der Waals surface area contributed by atoms with Gasteiger partial charge in [-0.15, -0.1) is 0 Å². The third kappa shape index (κ3) is 4.56. The number of hydrogen-bond donors (Lipinski definition) is 0. The van der Waals surface area contributed by atoms with Crippen molar-refractivity contribution in [1.82, 2.24) is 0 Å². The van der Waals surface area contributed by atoms with E-state index in [4.69, 9.17) is 8.92 Å². The fourth-order valence-electron chi connectivity index (χ4n) is 3.20. The van der Waals surface area contributed by atoms with Crippen LogP contribution < -0.4 is 0 Å². The van der Waals surface area contributed by atoms with Crippen LogP contribution in [0.2, 0.25) is 0 Å². The number of alkyl halides is 3. The van der Waals surface area contributed by atoms with Gasteiger partial charge in [0.1, 0.15) is 0 Å². The standard InChI is InChI=1S/C20H21F3O4S/c1-14-3-9-18(10-4-14)28(24,25)26-13-17-11-12-19(2,27-17)15-5-7-16(8-6-15)20(21,22)23/h3-10,17H,11-13H2,1-2H3. The molecule has 28 heavy (non-hydrogen) atoms. The third-order valence-electron chi connectivity index (χ3n) is 4.91. The molecule has 1 heterocycles. The molecule has 0 amide bonds. The Morgan fingerprint density at radius 1 is 1.11 bits per heavy atom. The maximum Gasteiger partial charge on any atom is 0.416 e. The lowest BCUT2D eigenvalue weighted by molar-refractivity contribution is -0.137. The molecule has 1 aliphatic heterocycles. The Morgan fingerprint density at radius 2 is 1.71 bits per heavy atom. The molecular formula is C20H21F3O4S. The molecule has 0 N–H and O–H groups in total. The Balaban J connectivity index is 1.64. The first-order valence-electron chi connectivity index (χ1n) is 8.81. The van der Waals surface area contributed by atoms with Crippen molar-refractivity contribution in [3.8, 4) is 0 Å². The predicted molar refractivity (Wildman–Crippen MR) is 97.2 cm³/mol. The number of halogens is 3. The minimum atomic E-state index is -4.39. The van der Waals surface area contributed by atoms with E-state index in [1.165, 1.54) is 24.3 Å². The van der Waals surface area contributed by atoms with Gasteiger partial charge in [0, 0.05) is 0 Å². The molecule has 2 aromatic carbocycles. The molecule has 1 fully saturated rings. The SMILES string of the molecule is Cc1ccc(S(=O)(=O)OCC2CCC(C)(c3ccc(C(F)(F)F)cc3)O2)cc1. The van der Waals surface area contributed by atoms with Gasteiger partial charge in [-0.05, 0) is 56.5 Å². The monoisotopic (exact) mass is 414 g/mol. The highest BCUT2D eigenvalue weighted by Gasteiger charge is 2.39. The van der Waals surface area contributed by atoms with Crippen LogP contribution in [0.3, 0.4) is 0 Å². The lowest BCUT2D eigenvalue weighted by atomic mass is 9.92. The second-order valence-corrected chi connectivity index (χ2v) is 8.75. The van der Waals surface area contributed by atoms with Crippen molar-refractivity contribution in [3.05, 3.63) is 65.2 Å². The molecule has 3 rings (SSSR count). The maximum absolute atomic E-state index is 12.7. The predicted octanol–water partition coefficient (Wildman–Crippen LogP) is 4.81. The van der Waals surface area contributed by atoms with Crippen molar-refractivity contribution in [2.45, 2.75) is 49.5 Å². The van der Waals surface area contributed by atoms with Gasteiger partial charge >= 0.3 is 6.18 Å². The molecule has 2 aromatic rings. The topological polar surface area (TPSA) is 52.6 Å². The summed E-state index contributed by atoms with van der Waals surface area (Å²) < 4.78 is 73.8. The molecule has 4 nitrogen and oxygen atoms in total. The molecule has 0 spiro atoms. The first kappa shape index (κ1) is 20.8. The number of aryl methyl sites for hydroxylation is 1. The van der Waals surface area contributed by atoms with Crippen molar-refractivity contribution >= 4 is 10.1 Å². The van der Waals surface area contributed by atoms with E-state index in [-0.39, 0.29) is 11.5 Å². The molecule has 0 saturated carbocycles. The molecular weight excluding hydrogens is 393 g/mol. The number of hydrogen-bond acceptors (Lipinski definition) is 4. The molecule has 0 bridgehead atoms. The molecule has 0 aliphatic carbocycles. The fourth-order valence-corrected chi connectivity index (χ4v) is 4.14. The number of benzene rings is 2. The summed E-state index contributed by atoms with van der Waals surface area (Å²) in [6.45, 7) is 3.49. The van der Waals surface area contributed by atoms with Crippen LogP contribution in [0.1, 0.15) is 36.5 Å². The van der Waals surface area contributed by atoms with Crippen LogP contribution in [0.4, 0.5) is 13.2 Å². The summed E-state index contributed by atoms with van der Waals surface area (Å²) in [7, 11) is -3.89. The van der Waals surface area contributed by atoms with Crippen LogP contribution in [-0.4, -0.2) is 21.1 Å². The van der Waals surface area contributed by atoms with E-state index in [9.17, 15) is 21.6 Å². The van der Waals surface area contributed by atoms with E-state index in [1.807, 2.05) is 6.92 Å².